The summed E-state index contributed by atoms with van der Waals surface area (Å²) in [4.78, 5) is 14.1. The summed E-state index contributed by atoms with van der Waals surface area (Å²) in [6.07, 6.45) is 1.11. The summed E-state index contributed by atoms with van der Waals surface area (Å²) in [6, 6.07) is 13.8. The van der Waals surface area contributed by atoms with Gasteiger partial charge in [-0.15, -0.1) is 0 Å². The highest BCUT2D eigenvalue weighted by atomic mass is 35.5. The zero-order chi connectivity index (χ0) is 17.7. The van der Waals surface area contributed by atoms with Crippen molar-refractivity contribution in [1.29, 1.82) is 0 Å². The molecule has 1 amide bonds. The van der Waals surface area contributed by atoms with E-state index in [-0.39, 0.29) is 17.3 Å². The predicted octanol–water partition coefficient (Wildman–Crippen LogP) is 2.81. The fourth-order valence-corrected chi connectivity index (χ4v) is 3.39. The van der Waals surface area contributed by atoms with Crippen LogP contribution in [0.3, 0.4) is 0 Å². The van der Waals surface area contributed by atoms with Gasteiger partial charge in [0.2, 0.25) is 5.91 Å². The first-order valence-electron chi connectivity index (χ1n) is 7.27. The van der Waals surface area contributed by atoms with Crippen molar-refractivity contribution in [2.24, 2.45) is 0 Å². The zero-order valence-electron chi connectivity index (χ0n) is 13.5. The first-order valence-corrected chi connectivity index (χ1v) is 9.54. The van der Waals surface area contributed by atoms with Crippen LogP contribution in [0.15, 0.2) is 53.4 Å². The molecule has 0 radical (unpaired) electrons. The number of anilines is 1. The Hall–Kier alpha value is -1.89. The lowest BCUT2D eigenvalue weighted by molar-refractivity contribution is -0.117. The summed E-state index contributed by atoms with van der Waals surface area (Å²) < 4.78 is 23.5. The lowest BCUT2D eigenvalue weighted by atomic mass is 10.2. The smallest absolute Gasteiger partial charge is 0.238 e. The lowest BCUT2D eigenvalue weighted by Crippen LogP contribution is -2.30. The summed E-state index contributed by atoms with van der Waals surface area (Å²) in [5, 5.41) is 3.31. The van der Waals surface area contributed by atoms with Gasteiger partial charge in [-0.3, -0.25) is 9.69 Å². The highest BCUT2D eigenvalue weighted by molar-refractivity contribution is 7.90. The molecule has 1 N–H and O–H groups in total. The molecule has 5 nitrogen and oxygen atoms in total. The van der Waals surface area contributed by atoms with Gasteiger partial charge in [-0.1, -0.05) is 35.9 Å². The molecule has 24 heavy (non-hydrogen) atoms. The largest absolute Gasteiger partial charge is 0.324 e. The third-order valence-corrected chi connectivity index (χ3v) is 4.71. The molecule has 0 aliphatic carbocycles. The standard InChI is InChI=1S/C17H19ClN2O3S/c1-20(11-13-6-5-7-14(18)10-13)12-17(21)19-15-8-3-4-9-16(15)24(2,22)23/h3-10H,11-12H2,1-2H3,(H,19,21). The quantitative estimate of drug-likeness (QED) is 0.853. The fourth-order valence-electron chi connectivity index (χ4n) is 2.33. The SMILES string of the molecule is CN(CC(=O)Nc1ccccc1S(C)(=O)=O)Cc1cccc(Cl)c1. The Morgan fingerprint density at radius 3 is 2.54 bits per heavy atom. The van der Waals surface area contributed by atoms with Gasteiger partial charge in [-0.25, -0.2) is 8.42 Å². The van der Waals surface area contributed by atoms with Gasteiger partial charge in [-0.2, -0.15) is 0 Å². The number of para-hydroxylation sites is 1. The van der Waals surface area contributed by atoms with E-state index in [1.807, 2.05) is 30.1 Å². The van der Waals surface area contributed by atoms with Crippen molar-refractivity contribution in [1.82, 2.24) is 4.90 Å². The van der Waals surface area contributed by atoms with E-state index < -0.39 is 9.84 Å². The van der Waals surface area contributed by atoms with Gasteiger partial charge in [0.15, 0.2) is 9.84 Å². The van der Waals surface area contributed by atoms with Crippen LogP contribution in [-0.4, -0.2) is 39.1 Å². The Morgan fingerprint density at radius 2 is 1.88 bits per heavy atom. The third kappa shape index (κ3) is 5.33. The Kier molecular flexibility index (Phi) is 5.99. The number of sulfone groups is 1. The molecule has 0 atom stereocenters. The zero-order valence-corrected chi connectivity index (χ0v) is 15.1. The first kappa shape index (κ1) is 18.4. The molecule has 0 unspecified atom stereocenters. The minimum Gasteiger partial charge on any atom is -0.324 e. The summed E-state index contributed by atoms with van der Waals surface area (Å²) in [6.45, 7) is 0.687. The molecule has 2 aromatic carbocycles. The minimum absolute atomic E-state index is 0.107. The number of likely N-dealkylation sites (N-methyl/N-ethyl adjacent to an activating group) is 1. The number of nitrogens with one attached hydrogen (secondary N) is 1. The molecular formula is C17H19ClN2O3S. The Morgan fingerprint density at radius 1 is 1.17 bits per heavy atom. The molecule has 0 heterocycles. The molecular weight excluding hydrogens is 348 g/mol. The van der Waals surface area contributed by atoms with E-state index in [0.717, 1.165) is 11.8 Å². The molecule has 0 aliphatic heterocycles. The number of carbonyl (C=O) groups excluding carboxylic acids is 1. The normalized spacial score (nSPS) is 11.5. The Balaban J connectivity index is 2.01. The second kappa shape index (κ2) is 7.79. The Labute approximate surface area is 147 Å². The number of hydrogen-bond acceptors (Lipinski definition) is 4. The summed E-state index contributed by atoms with van der Waals surface area (Å²) in [7, 11) is -1.60. The van der Waals surface area contributed by atoms with Crippen LogP contribution in [0.25, 0.3) is 0 Å². The summed E-state index contributed by atoms with van der Waals surface area (Å²) >= 11 is 5.95. The van der Waals surface area contributed by atoms with Crippen LogP contribution in [0.4, 0.5) is 5.69 Å². The van der Waals surface area contributed by atoms with Crippen LogP contribution < -0.4 is 5.32 Å². The van der Waals surface area contributed by atoms with Crippen LogP contribution in [0.2, 0.25) is 5.02 Å². The highest BCUT2D eigenvalue weighted by Gasteiger charge is 2.15. The van der Waals surface area contributed by atoms with Crippen molar-refractivity contribution in [3.05, 3.63) is 59.1 Å². The number of halogens is 1. The average molecular weight is 367 g/mol. The van der Waals surface area contributed by atoms with E-state index >= 15 is 0 Å². The van der Waals surface area contributed by atoms with Crippen LogP contribution >= 0.6 is 11.6 Å². The van der Waals surface area contributed by atoms with Crippen molar-refractivity contribution in [2.45, 2.75) is 11.4 Å². The van der Waals surface area contributed by atoms with Gasteiger partial charge in [0.1, 0.15) is 0 Å². The highest BCUT2D eigenvalue weighted by Crippen LogP contribution is 2.20. The monoisotopic (exact) mass is 366 g/mol. The second-order valence-electron chi connectivity index (χ2n) is 5.62. The van der Waals surface area contributed by atoms with Gasteiger partial charge < -0.3 is 5.32 Å². The van der Waals surface area contributed by atoms with Crippen molar-refractivity contribution < 1.29 is 13.2 Å². The number of hydrogen-bond donors (Lipinski definition) is 1. The minimum atomic E-state index is -3.40. The topological polar surface area (TPSA) is 66.5 Å². The van der Waals surface area contributed by atoms with E-state index in [1.165, 1.54) is 6.07 Å². The van der Waals surface area contributed by atoms with E-state index in [2.05, 4.69) is 5.32 Å². The molecule has 0 bridgehead atoms. The van der Waals surface area contributed by atoms with E-state index in [4.69, 9.17) is 11.6 Å². The van der Waals surface area contributed by atoms with Crippen LogP contribution in [0.1, 0.15) is 5.56 Å². The maximum Gasteiger partial charge on any atom is 0.238 e. The predicted molar refractivity (Wildman–Crippen MR) is 96.0 cm³/mol. The van der Waals surface area contributed by atoms with Crippen molar-refractivity contribution in [2.75, 3.05) is 25.2 Å². The maximum absolute atomic E-state index is 12.2. The van der Waals surface area contributed by atoms with Gasteiger partial charge in [0.05, 0.1) is 17.1 Å². The molecule has 0 spiro atoms. The molecule has 2 rings (SSSR count). The Bertz CT molecular complexity index is 837. The van der Waals surface area contributed by atoms with E-state index in [1.54, 1.807) is 24.3 Å². The number of benzene rings is 2. The maximum atomic E-state index is 12.2. The van der Waals surface area contributed by atoms with Crippen LogP contribution in [0, 0.1) is 0 Å². The van der Waals surface area contributed by atoms with Crippen molar-refractivity contribution in [3.8, 4) is 0 Å². The molecule has 2 aromatic rings. The summed E-state index contributed by atoms with van der Waals surface area (Å²) in [5.41, 5.74) is 1.29. The number of carbonyl (C=O) groups is 1. The van der Waals surface area contributed by atoms with Gasteiger partial charge in [-0.05, 0) is 36.9 Å². The van der Waals surface area contributed by atoms with E-state index in [9.17, 15) is 13.2 Å². The molecule has 0 saturated carbocycles. The first-order chi connectivity index (χ1) is 11.3. The summed E-state index contributed by atoms with van der Waals surface area (Å²) in [5.74, 6) is -0.282. The second-order valence-corrected chi connectivity index (χ2v) is 8.04. The van der Waals surface area contributed by atoms with Gasteiger partial charge >= 0.3 is 0 Å². The lowest BCUT2D eigenvalue weighted by Gasteiger charge is -2.17. The molecule has 7 heteroatoms. The molecule has 0 saturated heterocycles. The number of rotatable bonds is 6. The van der Waals surface area contributed by atoms with Crippen LogP contribution in [-0.2, 0) is 21.2 Å². The van der Waals surface area contributed by atoms with Crippen LogP contribution in [0.5, 0.6) is 0 Å². The van der Waals surface area contributed by atoms with Gasteiger partial charge in [0.25, 0.3) is 0 Å². The average Bonchev–Trinajstić information content (AvgIpc) is 2.46. The third-order valence-electron chi connectivity index (χ3n) is 3.32. The van der Waals surface area contributed by atoms with Crippen molar-refractivity contribution in [3.63, 3.8) is 0 Å². The number of amides is 1. The molecule has 0 fully saturated rings. The van der Waals surface area contributed by atoms with Crippen molar-refractivity contribution >= 4 is 33.0 Å². The molecule has 128 valence electrons. The molecule has 0 aromatic heterocycles. The molecule has 0 aliphatic rings. The fraction of sp³-hybridized carbons (Fsp3) is 0.235. The van der Waals surface area contributed by atoms with E-state index in [0.29, 0.717) is 17.3 Å². The van der Waals surface area contributed by atoms with Gasteiger partial charge in [0, 0.05) is 17.8 Å². The number of nitrogens with zero attached hydrogens (tertiary/aromatic N) is 1.